The van der Waals surface area contributed by atoms with E-state index in [1.165, 1.54) is 19.2 Å². The highest BCUT2D eigenvalue weighted by Crippen LogP contribution is 2.28. The summed E-state index contributed by atoms with van der Waals surface area (Å²) in [5.74, 6) is 0.506. The van der Waals surface area contributed by atoms with E-state index in [9.17, 15) is 13.2 Å². The number of hydrogen-bond acceptors (Lipinski definition) is 4. The van der Waals surface area contributed by atoms with E-state index in [0.29, 0.717) is 31.2 Å². The number of nitrogens with zero attached hydrogens (tertiary/aromatic N) is 1. The first-order valence-corrected chi connectivity index (χ1v) is 12.3. The van der Waals surface area contributed by atoms with Gasteiger partial charge in [-0.2, -0.15) is 0 Å². The average molecular weight is 445 g/mol. The van der Waals surface area contributed by atoms with Crippen LogP contribution in [0.15, 0.2) is 53.4 Å². The zero-order chi connectivity index (χ0) is 22.4. The van der Waals surface area contributed by atoms with Crippen LogP contribution in [0.1, 0.15) is 61.5 Å². The van der Waals surface area contributed by atoms with Gasteiger partial charge in [0.25, 0.3) is 5.91 Å². The maximum atomic E-state index is 13.3. The average Bonchev–Trinajstić information content (AvgIpc) is 2.78. The summed E-state index contributed by atoms with van der Waals surface area (Å²) in [4.78, 5) is 14.9. The fourth-order valence-corrected chi connectivity index (χ4v) is 5.22. The third kappa shape index (κ3) is 5.86. The summed E-state index contributed by atoms with van der Waals surface area (Å²) in [7, 11) is -2.35. The third-order valence-electron chi connectivity index (χ3n) is 5.56. The van der Waals surface area contributed by atoms with Crippen LogP contribution < -0.4 is 9.46 Å². The van der Waals surface area contributed by atoms with E-state index in [2.05, 4.69) is 18.6 Å². The number of nitrogens with one attached hydrogen (secondary N) is 1. The lowest BCUT2D eigenvalue weighted by Crippen LogP contribution is -2.36. The van der Waals surface area contributed by atoms with E-state index in [-0.39, 0.29) is 22.4 Å². The lowest BCUT2D eigenvalue weighted by Gasteiger charge is -2.27. The minimum absolute atomic E-state index is 0.0679. The van der Waals surface area contributed by atoms with Gasteiger partial charge in [-0.15, -0.1) is 0 Å². The molecule has 0 saturated carbocycles. The molecule has 1 fully saturated rings. The van der Waals surface area contributed by atoms with Crippen molar-refractivity contribution in [3.63, 3.8) is 0 Å². The van der Waals surface area contributed by atoms with Crippen LogP contribution in [0.25, 0.3) is 0 Å². The van der Waals surface area contributed by atoms with Crippen LogP contribution in [0.4, 0.5) is 0 Å². The molecule has 1 heterocycles. The number of likely N-dealkylation sites (tertiary alicyclic amines) is 1. The number of carbonyl (C=O) groups excluding carboxylic acids is 1. The molecule has 31 heavy (non-hydrogen) atoms. The number of methoxy groups -OCH3 is 1. The highest BCUT2D eigenvalue weighted by Gasteiger charge is 2.26. The molecule has 3 rings (SSSR count). The van der Waals surface area contributed by atoms with E-state index in [4.69, 9.17) is 4.74 Å². The van der Waals surface area contributed by atoms with Gasteiger partial charge in [0.15, 0.2) is 0 Å². The van der Waals surface area contributed by atoms with Gasteiger partial charge >= 0.3 is 0 Å². The van der Waals surface area contributed by atoms with Crippen molar-refractivity contribution in [3.8, 4) is 5.75 Å². The highest BCUT2D eigenvalue weighted by atomic mass is 32.2. The number of ether oxygens (including phenoxy) is 1. The number of amides is 1. The fourth-order valence-electron chi connectivity index (χ4n) is 3.95. The van der Waals surface area contributed by atoms with Gasteiger partial charge in [0.05, 0.1) is 17.6 Å². The minimum atomic E-state index is -3.84. The molecular formula is C24H32N2O4S. The largest absolute Gasteiger partial charge is 0.496 e. The second-order valence-corrected chi connectivity index (χ2v) is 10.1. The van der Waals surface area contributed by atoms with Gasteiger partial charge in [0, 0.05) is 19.1 Å². The Balaban J connectivity index is 1.91. The molecule has 1 amide bonds. The lowest BCUT2D eigenvalue weighted by molar-refractivity contribution is 0.0720. The minimum Gasteiger partial charge on any atom is -0.496 e. The smallest absolute Gasteiger partial charge is 0.257 e. The summed E-state index contributed by atoms with van der Waals surface area (Å²) < 4.78 is 34.8. The lowest BCUT2D eigenvalue weighted by atomic mass is 9.98. The summed E-state index contributed by atoms with van der Waals surface area (Å²) >= 11 is 0. The topological polar surface area (TPSA) is 75.7 Å². The standard InChI is InChI=1S/C24H32N2O4S/c1-18(2)16-22(19-10-6-4-7-11-19)25-31(28,29)20-12-13-23(30-3)21(17-20)24(27)26-14-8-5-9-15-26/h4,6-7,10-13,17-18,22,25H,5,8-9,14-16H2,1-3H3/t22-/m0/s1. The molecule has 1 aliphatic heterocycles. The zero-order valence-corrected chi connectivity index (χ0v) is 19.3. The van der Waals surface area contributed by atoms with Crippen molar-refractivity contribution in [1.82, 2.24) is 9.62 Å². The van der Waals surface area contributed by atoms with Crippen molar-refractivity contribution < 1.29 is 17.9 Å². The molecule has 1 aliphatic rings. The van der Waals surface area contributed by atoms with Crippen LogP contribution in [0.3, 0.4) is 0 Å². The number of rotatable bonds is 8. The normalized spacial score (nSPS) is 15.7. The molecule has 7 heteroatoms. The summed E-state index contributed by atoms with van der Waals surface area (Å²) in [5, 5.41) is 0. The maximum absolute atomic E-state index is 13.3. The van der Waals surface area contributed by atoms with Gasteiger partial charge in [0.1, 0.15) is 5.75 Å². The summed E-state index contributed by atoms with van der Waals surface area (Å²) in [6, 6.07) is 13.7. The van der Waals surface area contributed by atoms with Crippen molar-refractivity contribution in [3.05, 3.63) is 59.7 Å². The SMILES string of the molecule is COc1ccc(S(=O)(=O)N[C@@H](CC(C)C)c2ccccc2)cc1C(=O)N1CCCCC1. The van der Waals surface area contributed by atoms with Crippen molar-refractivity contribution in [1.29, 1.82) is 0 Å². The number of carbonyl (C=O) groups is 1. The Morgan fingerprint density at radius 2 is 1.74 bits per heavy atom. The van der Waals surface area contributed by atoms with Crippen molar-refractivity contribution >= 4 is 15.9 Å². The second kappa shape index (κ2) is 10.3. The zero-order valence-electron chi connectivity index (χ0n) is 18.5. The molecule has 0 radical (unpaired) electrons. The Kier molecular flexibility index (Phi) is 7.73. The first-order chi connectivity index (χ1) is 14.8. The predicted molar refractivity (Wildman–Crippen MR) is 122 cm³/mol. The van der Waals surface area contributed by atoms with Crippen molar-refractivity contribution in [2.24, 2.45) is 5.92 Å². The van der Waals surface area contributed by atoms with Crippen LogP contribution in [0, 0.1) is 5.92 Å². The molecule has 2 aromatic carbocycles. The van der Waals surface area contributed by atoms with Gasteiger partial charge in [-0.3, -0.25) is 4.79 Å². The van der Waals surface area contributed by atoms with Crippen LogP contribution in [-0.2, 0) is 10.0 Å². The third-order valence-corrected chi connectivity index (χ3v) is 7.03. The molecule has 2 aromatic rings. The van der Waals surface area contributed by atoms with Crippen molar-refractivity contribution in [2.45, 2.75) is 50.5 Å². The van der Waals surface area contributed by atoms with E-state index in [0.717, 1.165) is 24.8 Å². The van der Waals surface area contributed by atoms with Gasteiger partial charge in [-0.25, -0.2) is 13.1 Å². The number of benzene rings is 2. The molecule has 1 N–H and O–H groups in total. The van der Waals surface area contributed by atoms with Gasteiger partial charge < -0.3 is 9.64 Å². The molecule has 1 atom stereocenters. The van der Waals surface area contributed by atoms with Crippen molar-refractivity contribution in [2.75, 3.05) is 20.2 Å². The molecule has 0 aromatic heterocycles. The number of sulfonamides is 1. The summed E-state index contributed by atoms with van der Waals surface area (Å²) in [6.45, 7) is 5.49. The first-order valence-electron chi connectivity index (χ1n) is 10.9. The van der Waals surface area contributed by atoms with Gasteiger partial charge in [-0.1, -0.05) is 44.2 Å². The molecule has 6 nitrogen and oxygen atoms in total. The Morgan fingerprint density at radius 1 is 1.06 bits per heavy atom. The summed E-state index contributed by atoms with van der Waals surface area (Å²) in [6.07, 6.45) is 3.69. The number of piperidine rings is 1. The maximum Gasteiger partial charge on any atom is 0.257 e. The number of hydrogen-bond donors (Lipinski definition) is 1. The van der Waals surface area contributed by atoms with Crippen LogP contribution in [-0.4, -0.2) is 39.4 Å². The highest BCUT2D eigenvalue weighted by molar-refractivity contribution is 7.89. The molecular weight excluding hydrogens is 412 g/mol. The molecule has 0 bridgehead atoms. The molecule has 168 valence electrons. The Hall–Kier alpha value is -2.38. The second-order valence-electron chi connectivity index (χ2n) is 8.43. The Bertz CT molecular complexity index is 984. The predicted octanol–water partition coefficient (Wildman–Crippen LogP) is 4.39. The van der Waals surface area contributed by atoms with E-state index in [1.807, 2.05) is 30.3 Å². The van der Waals surface area contributed by atoms with E-state index < -0.39 is 10.0 Å². The van der Waals surface area contributed by atoms with E-state index >= 15 is 0 Å². The monoisotopic (exact) mass is 444 g/mol. The fraction of sp³-hybridized carbons (Fsp3) is 0.458. The quantitative estimate of drug-likeness (QED) is 0.655. The first kappa shape index (κ1) is 23.3. The Labute approximate surface area is 185 Å². The molecule has 0 aliphatic carbocycles. The Morgan fingerprint density at radius 3 is 2.35 bits per heavy atom. The molecule has 0 unspecified atom stereocenters. The van der Waals surface area contributed by atoms with Crippen LogP contribution in [0.2, 0.25) is 0 Å². The van der Waals surface area contributed by atoms with Crippen LogP contribution >= 0.6 is 0 Å². The van der Waals surface area contributed by atoms with Crippen LogP contribution in [0.5, 0.6) is 5.75 Å². The van der Waals surface area contributed by atoms with E-state index in [1.54, 1.807) is 11.0 Å². The van der Waals surface area contributed by atoms with Gasteiger partial charge in [-0.05, 0) is 55.4 Å². The van der Waals surface area contributed by atoms with Gasteiger partial charge in [0.2, 0.25) is 10.0 Å². The molecule has 0 spiro atoms. The molecule has 1 saturated heterocycles. The summed E-state index contributed by atoms with van der Waals surface area (Å²) in [5.41, 5.74) is 1.20.